The molecule has 0 aliphatic heterocycles. The number of aliphatic hydroxyl groups is 1. The van der Waals surface area contributed by atoms with Crippen LogP contribution in [0.25, 0.3) is 0 Å². The van der Waals surface area contributed by atoms with E-state index in [9.17, 15) is 14.9 Å². The van der Waals surface area contributed by atoms with Crippen LogP contribution in [0.2, 0.25) is 0 Å². The summed E-state index contributed by atoms with van der Waals surface area (Å²) in [5.74, 6) is 0.399. The number of Topliss-reactive ketones (excluding diaryl/α,β-unsaturated/α-hetero) is 1. The van der Waals surface area contributed by atoms with Crippen LogP contribution in [0, 0.1) is 10.1 Å². The van der Waals surface area contributed by atoms with E-state index in [1.54, 1.807) is 12.1 Å². The van der Waals surface area contributed by atoms with Crippen LogP contribution in [-0.2, 0) is 6.42 Å². The topological polar surface area (TPSA) is 89.7 Å². The Morgan fingerprint density at radius 3 is 2.35 bits per heavy atom. The lowest BCUT2D eigenvalue weighted by Gasteiger charge is -2.18. The summed E-state index contributed by atoms with van der Waals surface area (Å²) in [6.45, 7) is 2.12. The van der Waals surface area contributed by atoms with Gasteiger partial charge in [-0.2, -0.15) is 0 Å². The first-order valence-corrected chi connectivity index (χ1v) is 8.70. The van der Waals surface area contributed by atoms with Crippen LogP contribution in [0.15, 0.2) is 48.5 Å². The molecule has 0 bridgehead atoms. The van der Waals surface area contributed by atoms with Gasteiger partial charge in [0.1, 0.15) is 5.75 Å². The minimum absolute atomic E-state index is 0.0490. The van der Waals surface area contributed by atoms with Gasteiger partial charge in [0, 0.05) is 24.3 Å². The number of nitro groups is 1. The maximum absolute atomic E-state index is 12.8. The van der Waals surface area contributed by atoms with Gasteiger partial charge >= 0.3 is 0 Å². The molecule has 0 aliphatic carbocycles. The third-order valence-corrected chi connectivity index (χ3v) is 4.08. The molecule has 1 atom stereocenters. The maximum Gasteiger partial charge on any atom is 0.269 e. The number of rotatable bonds is 10. The van der Waals surface area contributed by atoms with Crippen molar-refractivity contribution in [2.45, 2.75) is 38.7 Å². The Morgan fingerprint density at radius 2 is 1.81 bits per heavy atom. The molecule has 0 saturated heterocycles. The highest BCUT2D eigenvalue weighted by Gasteiger charge is 2.22. The molecule has 1 unspecified atom stereocenters. The van der Waals surface area contributed by atoms with Crippen LogP contribution in [0.3, 0.4) is 0 Å². The largest absolute Gasteiger partial charge is 0.482 e. The van der Waals surface area contributed by atoms with Crippen LogP contribution in [-0.4, -0.2) is 28.5 Å². The lowest BCUT2D eigenvalue weighted by molar-refractivity contribution is -0.384. The number of carbonyl (C=O) groups is 1. The normalized spacial score (nSPS) is 11.8. The maximum atomic E-state index is 12.8. The number of unbranched alkanes of at least 4 members (excludes halogenated alkanes) is 1. The van der Waals surface area contributed by atoms with Crippen molar-refractivity contribution in [1.82, 2.24) is 0 Å². The fourth-order valence-corrected chi connectivity index (χ4v) is 2.59. The molecule has 0 heterocycles. The zero-order valence-electron chi connectivity index (χ0n) is 14.8. The standard InChI is InChI=1S/C20H23NO5/c1-2-3-4-19(26-18-11-5-15(6-12-18)13-14-22)20(23)16-7-9-17(10-8-16)21(24)25/h5-12,19,22H,2-4,13-14H2,1H3. The molecule has 138 valence electrons. The quantitative estimate of drug-likeness (QED) is 0.395. The number of non-ortho nitro benzene ring substituents is 1. The van der Waals surface area contributed by atoms with Crippen LogP contribution >= 0.6 is 0 Å². The Balaban J connectivity index is 2.14. The third kappa shape index (κ3) is 5.39. The van der Waals surface area contributed by atoms with Gasteiger partial charge < -0.3 is 9.84 Å². The van der Waals surface area contributed by atoms with E-state index in [0.717, 1.165) is 18.4 Å². The van der Waals surface area contributed by atoms with Gasteiger partial charge in [-0.15, -0.1) is 0 Å². The van der Waals surface area contributed by atoms with Crippen LogP contribution in [0.4, 0.5) is 5.69 Å². The van der Waals surface area contributed by atoms with Gasteiger partial charge in [-0.05, 0) is 49.1 Å². The Bertz CT molecular complexity index is 725. The number of ether oxygens (including phenoxy) is 1. The summed E-state index contributed by atoms with van der Waals surface area (Å²) in [4.78, 5) is 23.0. The number of nitro benzene ring substituents is 1. The minimum atomic E-state index is -0.639. The van der Waals surface area contributed by atoms with Gasteiger partial charge in [0.05, 0.1) is 4.92 Å². The van der Waals surface area contributed by atoms with Crippen molar-refractivity contribution in [1.29, 1.82) is 0 Å². The molecule has 0 aliphatic rings. The molecule has 0 aromatic heterocycles. The molecule has 0 radical (unpaired) electrons. The monoisotopic (exact) mass is 357 g/mol. The number of nitrogens with zero attached hydrogens (tertiary/aromatic N) is 1. The average molecular weight is 357 g/mol. The molecule has 0 fully saturated rings. The lowest BCUT2D eigenvalue weighted by atomic mass is 10.0. The van der Waals surface area contributed by atoms with Gasteiger partial charge in [-0.25, -0.2) is 0 Å². The first-order chi connectivity index (χ1) is 12.5. The minimum Gasteiger partial charge on any atom is -0.482 e. The summed E-state index contributed by atoms with van der Waals surface area (Å²) in [5.41, 5.74) is 1.34. The Hall–Kier alpha value is -2.73. The fraction of sp³-hybridized carbons (Fsp3) is 0.350. The number of hydrogen-bond acceptors (Lipinski definition) is 5. The first-order valence-electron chi connectivity index (χ1n) is 8.70. The highest BCUT2D eigenvalue weighted by Crippen LogP contribution is 2.20. The van der Waals surface area contributed by atoms with E-state index < -0.39 is 11.0 Å². The summed E-state index contributed by atoms with van der Waals surface area (Å²) in [6, 6.07) is 12.9. The van der Waals surface area contributed by atoms with E-state index in [-0.39, 0.29) is 18.1 Å². The Kier molecular flexibility index (Phi) is 7.29. The molecule has 6 nitrogen and oxygen atoms in total. The summed E-state index contributed by atoms with van der Waals surface area (Å²) < 4.78 is 5.90. The first kappa shape index (κ1) is 19.6. The van der Waals surface area contributed by atoms with Crippen molar-refractivity contribution in [3.05, 3.63) is 69.8 Å². The Labute approximate surface area is 152 Å². The summed E-state index contributed by atoms with van der Waals surface area (Å²) in [7, 11) is 0. The molecular weight excluding hydrogens is 334 g/mol. The van der Waals surface area contributed by atoms with E-state index in [0.29, 0.717) is 24.2 Å². The second-order valence-corrected chi connectivity index (χ2v) is 6.03. The van der Waals surface area contributed by atoms with Crippen molar-refractivity contribution >= 4 is 11.5 Å². The highest BCUT2D eigenvalue weighted by atomic mass is 16.6. The fourth-order valence-electron chi connectivity index (χ4n) is 2.59. The molecule has 0 spiro atoms. The van der Waals surface area contributed by atoms with E-state index in [1.807, 2.05) is 19.1 Å². The number of benzene rings is 2. The van der Waals surface area contributed by atoms with Gasteiger partial charge in [-0.1, -0.05) is 25.5 Å². The van der Waals surface area contributed by atoms with Crippen molar-refractivity contribution in [3.8, 4) is 5.75 Å². The number of hydrogen-bond donors (Lipinski definition) is 1. The highest BCUT2D eigenvalue weighted by molar-refractivity contribution is 5.99. The molecular formula is C20H23NO5. The summed E-state index contributed by atoms with van der Waals surface area (Å²) >= 11 is 0. The van der Waals surface area contributed by atoms with Crippen molar-refractivity contribution < 1.29 is 19.6 Å². The van der Waals surface area contributed by atoms with E-state index in [4.69, 9.17) is 9.84 Å². The van der Waals surface area contributed by atoms with Crippen LogP contribution in [0.1, 0.15) is 42.1 Å². The average Bonchev–Trinajstić information content (AvgIpc) is 2.66. The van der Waals surface area contributed by atoms with Crippen LogP contribution < -0.4 is 4.74 Å². The molecule has 1 N–H and O–H groups in total. The molecule has 26 heavy (non-hydrogen) atoms. The van der Waals surface area contributed by atoms with E-state index >= 15 is 0 Å². The zero-order valence-corrected chi connectivity index (χ0v) is 14.8. The lowest BCUT2D eigenvalue weighted by Crippen LogP contribution is -2.27. The molecule has 0 saturated carbocycles. The number of ketones is 1. The summed E-state index contributed by atoms with van der Waals surface area (Å²) in [5, 5.41) is 19.7. The molecule has 6 heteroatoms. The van der Waals surface area contributed by atoms with E-state index in [2.05, 4.69) is 0 Å². The second kappa shape index (κ2) is 9.68. The molecule has 2 rings (SSSR count). The number of aliphatic hydroxyl groups excluding tert-OH is 1. The SMILES string of the molecule is CCCCC(Oc1ccc(CCO)cc1)C(=O)c1ccc([N+](=O)[O-])cc1. The van der Waals surface area contributed by atoms with Gasteiger partial charge in [0.15, 0.2) is 6.10 Å². The summed E-state index contributed by atoms with van der Waals surface area (Å²) in [6.07, 6.45) is 2.28. The van der Waals surface area contributed by atoms with Crippen molar-refractivity contribution in [2.75, 3.05) is 6.61 Å². The van der Waals surface area contributed by atoms with Gasteiger partial charge in [0.2, 0.25) is 5.78 Å². The van der Waals surface area contributed by atoms with Gasteiger partial charge in [0.25, 0.3) is 5.69 Å². The van der Waals surface area contributed by atoms with Crippen LogP contribution in [0.5, 0.6) is 5.75 Å². The predicted molar refractivity (Wildman–Crippen MR) is 98.6 cm³/mol. The predicted octanol–water partition coefficient (Wildman–Crippen LogP) is 3.95. The van der Waals surface area contributed by atoms with Gasteiger partial charge in [-0.3, -0.25) is 14.9 Å². The molecule has 2 aromatic rings. The molecule has 0 amide bonds. The smallest absolute Gasteiger partial charge is 0.269 e. The second-order valence-electron chi connectivity index (χ2n) is 6.03. The zero-order chi connectivity index (χ0) is 18.9. The third-order valence-electron chi connectivity index (χ3n) is 4.08. The molecule has 2 aromatic carbocycles. The van der Waals surface area contributed by atoms with Crippen molar-refractivity contribution in [3.63, 3.8) is 0 Å². The number of carbonyl (C=O) groups excluding carboxylic acids is 1. The Morgan fingerprint density at radius 1 is 1.15 bits per heavy atom. The van der Waals surface area contributed by atoms with E-state index in [1.165, 1.54) is 24.3 Å². The van der Waals surface area contributed by atoms with Crippen molar-refractivity contribution in [2.24, 2.45) is 0 Å².